The molecule has 1 saturated heterocycles. The first-order valence-electron chi connectivity index (χ1n) is 6.83. The van der Waals surface area contributed by atoms with Gasteiger partial charge in [-0.25, -0.2) is 0 Å². The molecule has 0 bridgehead atoms. The van der Waals surface area contributed by atoms with Crippen molar-refractivity contribution in [3.8, 4) is 5.75 Å². The third kappa shape index (κ3) is 3.60. The van der Waals surface area contributed by atoms with Gasteiger partial charge in [0.25, 0.3) is 0 Å². The molecule has 0 aliphatic carbocycles. The fraction of sp³-hybridized carbons (Fsp3) is 0.438. The van der Waals surface area contributed by atoms with E-state index in [1.807, 2.05) is 35.2 Å². The van der Waals surface area contributed by atoms with Gasteiger partial charge in [0.2, 0.25) is 5.91 Å². The van der Waals surface area contributed by atoms with Crippen molar-refractivity contribution >= 4 is 12.0 Å². The van der Waals surface area contributed by atoms with Gasteiger partial charge in [-0.3, -0.25) is 4.79 Å². The molecule has 1 atom stereocenters. The molecule has 0 aromatic heterocycles. The second-order valence-electron chi connectivity index (χ2n) is 4.98. The number of nitrogens with zero attached hydrogens (tertiary/aromatic N) is 1. The Morgan fingerprint density at radius 1 is 1.32 bits per heavy atom. The van der Waals surface area contributed by atoms with Gasteiger partial charge in [0.15, 0.2) is 0 Å². The Morgan fingerprint density at radius 2 is 2.05 bits per heavy atom. The zero-order valence-electron chi connectivity index (χ0n) is 11.6. The fourth-order valence-electron chi connectivity index (χ4n) is 2.40. The van der Waals surface area contributed by atoms with Crippen LogP contribution < -0.4 is 4.74 Å². The molecule has 1 amide bonds. The van der Waals surface area contributed by atoms with Crippen molar-refractivity contribution in [2.45, 2.75) is 32.2 Å². The van der Waals surface area contributed by atoms with Gasteiger partial charge in [0.05, 0.1) is 7.11 Å². The summed E-state index contributed by atoms with van der Waals surface area (Å²) in [6, 6.07) is 8.05. The van der Waals surface area contributed by atoms with E-state index in [1.165, 1.54) is 6.42 Å². The molecule has 1 aliphatic heterocycles. The van der Waals surface area contributed by atoms with Crippen molar-refractivity contribution < 1.29 is 9.53 Å². The number of hydrogen-bond acceptors (Lipinski definition) is 2. The number of carbonyl (C=O) groups excluding carboxylic acids is 1. The molecule has 1 unspecified atom stereocenters. The molecule has 3 nitrogen and oxygen atoms in total. The van der Waals surface area contributed by atoms with Crippen molar-refractivity contribution in [2.24, 2.45) is 0 Å². The molecule has 0 spiro atoms. The molecule has 3 heteroatoms. The van der Waals surface area contributed by atoms with Crippen LogP contribution in [0.5, 0.6) is 5.75 Å². The predicted molar refractivity (Wildman–Crippen MR) is 77.1 cm³/mol. The van der Waals surface area contributed by atoms with Crippen LogP contribution in [0, 0.1) is 0 Å². The Labute approximate surface area is 114 Å². The first-order valence-corrected chi connectivity index (χ1v) is 6.83. The van der Waals surface area contributed by atoms with Crippen LogP contribution in [-0.2, 0) is 4.79 Å². The van der Waals surface area contributed by atoms with Crippen molar-refractivity contribution in [2.75, 3.05) is 13.7 Å². The van der Waals surface area contributed by atoms with E-state index in [9.17, 15) is 4.79 Å². The number of methoxy groups -OCH3 is 1. The van der Waals surface area contributed by atoms with E-state index in [1.54, 1.807) is 13.2 Å². The summed E-state index contributed by atoms with van der Waals surface area (Å²) >= 11 is 0. The molecule has 2 rings (SSSR count). The Hall–Kier alpha value is -1.77. The molecular weight excluding hydrogens is 238 g/mol. The van der Waals surface area contributed by atoms with E-state index in [4.69, 9.17) is 4.74 Å². The zero-order chi connectivity index (χ0) is 13.7. The van der Waals surface area contributed by atoms with Crippen LogP contribution >= 0.6 is 0 Å². The van der Waals surface area contributed by atoms with Gasteiger partial charge in [0, 0.05) is 18.7 Å². The van der Waals surface area contributed by atoms with Crippen LogP contribution in [-0.4, -0.2) is 30.5 Å². The molecular formula is C16H21NO2. The summed E-state index contributed by atoms with van der Waals surface area (Å²) in [5, 5.41) is 0. The Morgan fingerprint density at radius 3 is 2.68 bits per heavy atom. The zero-order valence-corrected chi connectivity index (χ0v) is 11.6. The largest absolute Gasteiger partial charge is 0.497 e. The lowest BCUT2D eigenvalue weighted by Gasteiger charge is -2.32. The highest BCUT2D eigenvalue weighted by molar-refractivity contribution is 5.92. The van der Waals surface area contributed by atoms with Crippen LogP contribution in [0.15, 0.2) is 30.3 Å². The van der Waals surface area contributed by atoms with Gasteiger partial charge < -0.3 is 9.64 Å². The number of amides is 1. The van der Waals surface area contributed by atoms with Crippen LogP contribution in [0.2, 0.25) is 0 Å². The van der Waals surface area contributed by atoms with E-state index in [0.717, 1.165) is 30.7 Å². The van der Waals surface area contributed by atoms with Gasteiger partial charge in [0.1, 0.15) is 5.75 Å². The SMILES string of the molecule is COc1ccc(C=CC(=O)N2CCCCC2C)cc1. The average Bonchev–Trinajstić information content (AvgIpc) is 2.46. The van der Waals surface area contributed by atoms with Crippen LogP contribution in [0.1, 0.15) is 31.7 Å². The normalized spacial score (nSPS) is 19.7. The van der Waals surface area contributed by atoms with Crippen molar-refractivity contribution in [3.05, 3.63) is 35.9 Å². The summed E-state index contributed by atoms with van der Waals surface area (Å²) in [6.45, 7) is 3.01. The lowest BCUT2D eigenvalue weighted by atomic mass is 10.0. The van der Waals surface area contributed by atoms with Gasteiger partial charge in [-0.15, -0.1) is 0 Å². The topological polar surface area (TPSA) is 29.5 Å². The minimum absolute atomic E-state index is 0.114. The molecule has 0 N–H and O–H groups in total. The molecule has 1 heterocycles. The monoisotopic (exact) mass is 259 g/mol. The Balaban J connectivity index is 1.98. The first-order chi connectivity index (χ1) is 9.20. The van der Waals surface area contributed by atoms with E-state index < -0.39 is 0 Å². The summed E-state index contributed by atoms with van der Waals surface area (Å²) < 4.78 is 5.10. The van der Waals surface area contributed by atoms with Crippen LogP contribution in [0.25, 0.3) is 6.08 Å². The molecule has 102 valence electrons. The Bertz CT molecular complexity index is 450. The first kappa shape index (κ1) is 13.7. The fourth-order valence-corrected chi connectivity index (χ4v) is 2.40. The third-order valence-corrected chi connectivity index (χ3v) is 3.62. The summed E-state index contributed by atoms with van der Waals surface area (Å²) in [5.74, 6) is 0.941. The maximum atomic E-state index is 12.1. The van der Waals surface area contributed by atoms with Gasteiger partial charge >= 0.3 is 0 Å². The second-order valence-corrected chi connectivity index (χ2v) is 4.98. The molecule has 1 aromatic rings. The average molecular weight is 259 g/mol. The highest BCUT2D eigenvalue weighted by atomic mass is 16.5. The number of carbonyl (C=O) groups is 1. The van der Waals surface area contributed by atoms with Crippen molar-refractivity contribution in [1.29, 1.82) is 0 Å². The lowest BCUT2D eigenvalue weighted by molar-refractivity contribution is -0.129. The highest BCUT2D eigenvalue weighted by Crippen LogP contribution is 2.17. The van der Waals surface area contributed by atoms with Gasteiger partial charge in [-0.2, -0.15) is 0 Å². The van der Waals surface area contributed by atoms with Crippen LogP contribution in [0.3, 0.4) is 0 Å². The lowest BCUT2D eigenvalue weighted by Crippen LogP contribution is -2.41. The Kier molecular flexibility index (Phi) is 4.61. The number of benzene rings is 1. The quantitative estimate of drug-likeness (QED) is 0.781. The maximum absolute atomic E-state index is 12.1. The minimum Gasteiger partial charge on any atom is -0.497 e. The van der Waals surface area contributed by atoms with Crippen molar-refractivity contribution in [1.82, 2.24) is 4.90 Å². The number of ether oxygens (including phenoxy) is 1. The van der Waals surface area contributed by atoms with Crippen LogP contribution in [0.4, 0.5) is 0 Å². The maximum Gasteiger partial charge on any atom is 0.246 e. The summed E-state index contributed by atoms with van der Waals surface area (Å²) in [4.78, 5) is 14.1. The highest BCUT2D eigenvalue weighted by Gasteiger charge is 2.20. The van der Waals surface area contributed by atoms with E-state index >= 15 is 0 Å². The number of piperidine rings is 1. The number of rotatable bonds is 3. The molecule has 1 fully saturated rings. The molecule has 19 heavy (non-hydrogen) atoms. The standard InChI is InChI=1S/C16H21NO2/c1-13-5-3-4-12-17(13)16(18)11-8-14-6-9-15(19-2)10-7-14/h6-11,13H,3-5,12H2,1-2H3. The molecule has 0 radical (unpaired) electrons. The number of hydrogen-bond donors (Lipinski definition) is 0. The van der Waals surface area contributed by atoms with E-state index in [0.29, 0.717) is 6.04 Å². The van der Waals surface area contributed by atoms with Crippen molar-refractivity contribution in [3.63, 3.8) is 0 Å². The molecule has 0 saturated carbocycles. The van der Waals surface area contributed by atoms with Gasteiger partial charge in [-0.1, -0.05) is 12.1 Å². The molecule has 1 aliphatic rings. The minimum atomic E-state index is 0.114. The summed E-state index contributed by atoms with van der Waals surface area (Å²) in [6.07, 6.45) is 6.99. The third-order valence-electron chi connectivity index (χ3n) is 3.62. The van der Waals surface area contributed by atoms with Gasteiger partial charge in [-0.05, 0) is 50.0 Å². The van der Waals surface area contributed by atoms with E-state index in [-0.39, 0.29) is 5.91 Å². The second kappa shape index (κ2) is 6.41. The summed E-state index contributed by atoms with van der Waals surface area (Å²) in [5.41, 5.74) is 1.01. The molecule has 1 aromatic carbocycles. The predicted octanol–water partition coefficient (Wildman–Crippen LogP) is 3.11. The van der Waals surface area contributed by atoms with E-state index in [2.05, 4.69) is 6.92 Å². The number of likely N-dealkylation sites (tertiary alicyclic amines) is 1. The smallest absolute Gasteiger partial charge is 0.246 e. The summed E-state index contributed by atoms with van der Waals surface area (Å²) in [7, 11) is 1.64.